The molecular formula is C10H20O4. The molecule has 0 aromatic rings. The quantitative estimate of drug-likeness (QED) is 0.629. The summed E-state index contributed by atoms with van der Waals surface area (Å²) in [4.78, 5) is 11.1. The number of esters is 1. The minimum Gasteiger partial charge on any atom is -0.463 e. The molecule has 0 heterocycles. The fraction of sp³-hybridized carbons (Fsp3) is 0.900. The number of ether oxygens (including phenoxy) is 1. The Kier molecular flexibility index (Phi) is 6.49. The van der Waals surface area contributed by atoms with Crippen LogP contribution in [0, 0.1) is 0 Å². The van der Waals surface area contributed by atoms with Crippen molar-refractivity contribution in [2.45, 2.75) is 58.3 Å². The number of hydrogen-bond donors (Lipinski definition) is 2. The van der Waals surface area contributed by atoms with E-state index in [2.05, 4.69) is 0 Å². The average Bonchev–Trinajstić information content (AvgIpc) is 2.01. The zero-order valence-electron chi connectivity index (χ0n) is 9.06. The maximum atomic E-state index is 11.1. The molecule has 84 valence electrons. The van der Waals surface area contributed by atoms with Crippen molar-refractivity contribution in [1.82, 2.24) is 0 Å². The fourth-order valence-corrected chi connectivity index (χ4v) is 1.07. The van der Waals surface area contributed by atoms with E-state index in [9.17, 15) is 15.0 Å². The van der Waals surface area contributed by atoms with Crippen LogP contribution in [-0.2, 0) is 9.53 Å². The lowest BCUT2D eigenvalue weighted by Gasteiger charge is -2.14. The molecular weight excluding hydrogens is 184 g/mol. The third kappa shape index (κ3) is 6.86. The first kappa shape index (κ1) is 13.4. The van der Waals surface area contributed by atoms with Crippen molar-refractivity contribution in [1.29, 1.82) is 0 Å². The zero-order valence-corrected chi connectivity index (χ0v) is 9.06. The molecule has 0 aliphatic carbocycles. The van der Waals surface area contributed by atoms with E-state index in [4.69, 9.17) is 4.74 Å². The van der Waals surface area contributed by atoms with Crippen LogP contribution in [0.1, 0.15) is 40.0 Å². The second-order valence-electron chi connectivity index (χ2n) is 3.69. The van der Waals surface area contributed by atoms with Crippen molar-refractivity contribution >= 4 is 5.97 Å². The first-order chi connectivity index (χ1) is 6.45. The molecule has 0 aromatic heterocycles. The lowest BCUT2D eigenvalue weighted by atomic mass is 10.1. The van der Waals surface area contributed by atoms with Gasteiger partial charge in [-0.05, 0) is 26.7 Å². The molecule has 0 spiro atoms. The second kappa shape index (κ2) is 6.79. The van der Waals surface area contributed by atoms with Crippen molar-refractivity contribution in [3.63, 3.8) is 0 Å². The minimum absolute atomic E-state index is 0.0464. The Morgan fingerprint density at radius 3 is 2.29 bits per heavy atom. The smallest absolute Gasteiger partial charge is 0.308 e. The standard InChI is InChI=1S/C10H20O4/c1-4-8(11)5-9(12)6-10(13)14-7(2)3/h7-9,11-12H,4-6H2,1-3H3/t8-,9+/m0/s1. The van der Waals surface area contributed by atoms with Crippen molar-refractivity contribution in [3.8, 4) is 0 Å². The molecule has 0 amide bonds. The Morgan fingerprint density at radius 2 is 1.86 bits per heavy atom. The van der Waals surface area contributed by atoms with Gasteiger partial charge in [0.1, 0.15) is 0 Å². The molecule has 0 saturated heterocycles. The molecule has 2 atom stereocenters. The van der Waals surface area contributed by atoms with Crippen LogP contribution in [0.15, 0.2) is 0 Å². The monoisotopic (exact) mass is 204 g/mol. The van der Waals surface area contributed by atoms with Crippen LogP contribution in [0.25, 0.3) is 0 Å². The summed E-state index contributed by atoms with van der Waals surface area (Å²) in [5.41, 5.74) is 0. The lowest BCUT2D eigenvalue weighted by Crippen LogP contribution is -2.22. The molecule has 0 fully saturated rings. The average molecular weight is 204 g/mol. The second-order valence-corrected chi connectivity index (χ2v) is 3.69. The number of rotatable bonds is 6. The van der Waals surface area contributed by atoms with E-state index >= 15 is 0 Å². The predicted octanol–water partition coefficient (Wildman–Crippen LogP) is 0.850. The SMILES string of the molecule is CC[C@H](O)C[C@@H](O)CC(=O)OC(C)C. The highest BCUT2D eigenvalue weighted by Gasteiger charge is 2.16. The normalized spacial score (nSPS) is 15.3. The van der Waals surface area contributed by atoms with Crippen LogP contribution in [0.4, 0.5) is 0 Å². The Morgan fingerprint density at radius 1 is 1.29 bits per heavy atom. The summed E-state index contributed by atoms with van der Waals surface area (Å²) in [6.45, 7) is 5.33. The van der Waals surface area contributed by atoms with Gasteiger partial charge in [0.2, 0.25) is 0 Å². The number of aliphatic hydroxyl groups is 2. The van der Waals surface area contributed by atoms with Crippen molar-refractivity contribution in [2.75, 3.05) is 0 Å². The minimum atomic E-state index is -0.809. The van der Waals surface area contributed by atoms with Gasteiger partial charge in [-0.2, -0.15) is 0 Å². The van der Waals surface area contributed by atoms with Crippen molar-refractivity contribution < 1.29 is 19.7 Å². The number of carbonyl (C=O) groups is 1. The van der Waals surface area contributed by atoms with E-state index in [0.717, 1.165) is 0 Å². The van der Waals surface area contributed by atoms with Crippen LogP contribution < -0.4 is 0 Å². The fourth-order valence-electron chi connectivity index (χ4n) is 1.07. The van der Waals surface area contributed by atoms with Gasteiger partial charge in [-0.25, -0.2) is 0 Å². The highest BCUT2D eigenvalue weighted by Crippen LogP contribution is 2.07. The molecule has 0 bridgehead atoms. The summed E-state index contributed by atoms with van der Waals surface area (Å²) in [7, 11) is 0. The largest absolute Gasteiger partial charge is 0.463 e. The predicted molar refractivity (Wildman–Crippen MR) is 52.8 cm³/mol. The van der Waals surface area contributed by atoms with Gasteiger partial charge < -0.3 is 14.9 Å². The van der Waals surface area contributed by atoms with Crippen LogP contribution in [0.2, 0.25) is 0 Å². The van der Waals surface area contributed by atoms with Gasteiger partial charge in [-0.1, -0.05) is 6.92 Å². The maximum Gasteiger partial charge on any atom is 0.308 e. The topological polar surface area (TPSA) is 66.8 Å². The molecule has 0 aliphatic rings. The van der Waals surface area contributed by atoms with Gasteiger partial charge in [0, 0.05) is 0 Å². The van der Waals surface area contributed by atoms with Gasteiger partial charge in [-0.3, -0.25) is 4.79 Å². The summed E-state index contributed by atoms with van der Waals surface area (Å²) < 4.78 is 4.86. The molecule has 0 unspecified atom stereocenters. The van der Waals surface area contributed by atoms with Crippen molar-refractivity contribution in [2.24, 2.45) is 0 Å². The van der Waals surface area contributed by atoms with E-state index in [-0.39, 0.29) is 18.9 Å². The summed E-state index contributed by atoms with van der Waals surface area (Å²) >= 11 is 0. The molecule has 0 aliphatic heterocycles. The molecule has 0 rings (SSSR count). The molecule has 4 heteroatoms. The van der Waals surface area contributed by atoms with E-state index in [0.29, 0.717) is 6.42 Å². The first-order valence-electron chi connectivity index (χ1n) is 5.01. The van der Waals surface area contributed by atoms with Gasteiger partial charge in [0.25, 0.3) is 0 Å². The Labute approximate surface area is 84.9 Å². The summed E-state index contributed by atoms with van der Waals surface area (Å²) in [5.74, 6) is -0.421. The summed E-state index contributed by atoms with van der Waals surface area (Å²) in [6, 6.07) is 0. The van der Waals surface area contributed by atoms with Gasteiger partial charge in [-0.15, -0.1) is 0 Å². The van der Waals surface area contributed by atoms with Gasteiger partial charge in [0.15, 0.2) is 0 Å². The Balaban J connectivity index is 3.71. The Hall–Kier alpha value is -0.610. The number of aliphatic hydroxyl groups excluding tert-OH is 2. The van der Waals surface area contributed by atoms with Gasteiger partial charge >= 0.3 is 5.97 Å². The van der Waals surface area contributed by atoms with Crippen LogP contribution in [-0.4, -0.2) is 34.5 Å². The maximum absolute atomic E-state index is 11.1. The van der Waals surface area contributed by atoms with E-state index in [1.165, 1.54) is 0 Å². The number of carbonyl (C=O) groups excluding carboxylic acids is 1. The van der Waals surface area contributed by atoms with E-state index < -0.39 is 18.2 Å². The van der Waals surface area contributed by atoms with Crippen molar-refractivity contribution in [3.05, 3.63) is 0 Å². The summed E-state index contributed by atoms with van der Waals surface area (Å²) in [6.07, 6.45) is -0.756. The van der Waals surface area contributed by atoms with Gasteiger partial charge in [0.05, 0.1) is 24.7 Å². The third-order valence-electron chi connectivity index (χ3n) is 1.78. The highest BCUT2D eigenvalue weighted by atomic mass is 16.5. The molecule has 14 heavy (non-hydrogen) atoms. The van der Waals surface area contributed by atoms with E-state index in [1.54, 1.807) is 13.8 Å². The first-order valence-corrected chi connectivity index (χ1v) is 5.01. The molecule has 0 aromatic carbocycles. The number of hydrogen-bond acceptors (Lipinski definition) is 4. The zero-order chi connectivity index (χ0) is 11.1. The summed E-state index contributed by atoms with van der Waals surface area (Å²) in [5, 5.41) is 18.6. The van der Waals surface area contributed by atoms with Crippen LogP contribution in [0.5, 0.6) is 0 Å². The van der Waals surface area contributed by atoms with Crippen LogP contribution >= 0.6 is 0 Å². The highest BCUT2D eigenvalue weighted by molar-refractivity contribution is 5.70. The third-order valence-corrected chi connectivity index (χ3v) is 1.78. The van der Waals surface area contributed by atoms with E-state index in [1.807, 2.05) is 6.92 Å². The molecule has 4 nitrogen and oxygen atoms in total. The Bertz CT molecular complexity index is 168. The molecule has 0 radical (unpaired) electrons. The molecule has 2 N–H and O–H groups in total. The molecule has 0 saturated carbocycles. The van der Waals surface area contributed by atoms with Crippen LogP contribution in [0.3, 0.4) is 0 Å². The lowest BCUT2D eigenvalue weighted by molar-refractivity contribution is -0.149.